The van der Waals surface area contributed by atoms with Crippen LogP contribution in [0, 0.1) is 0 Å². The van der Waals surface area contributed by atoms with Crippen molar-refractivity contribution in [1.82, 2.24) is 5.32 Å². The van der Waals surface area contributed by atoms with Crippen molar-refractivity contribution in [1.29, 1.82) is 0 Å². The van der Waals surface area contributed by atoms with Crippen LogP contribution in [0.1, 0.15) is 37.0 Å². The van der Waals surface area contributed by atoms with Crippen LogP contribution in [0.25, 0.3) is 0 Å². The smallest absolute Gasteiger partial charge is 0.263 e. The Labute approximate surface area is 167 Å². The molecule has 1 N–H and O–H groups in total. The van der Waals surface area contributed by atoms with E-state index in [9.17, 15) is 9.59 Å². The highest BCUT2D eigenvalue weighted by atomic mass is 79.9. The van der Waals surface area contributed by atoms with Crippen LogP contribution < -0.4 is 15.0 Å². The van der Waals surface area contributed by atoms with Gasteiger partial charge in [0.1, 0.15) is 5.75 Å². The average molecular weight is 431 g/mol. The Bertz CT molecular complexity index is 818. The number of halogens is 1. The van der Waals surface area contributed by atoms with Crippen LogP contribution >= 0.6 is 15.9 Å². The molecule has 1 aliphatic heterocycles. The number of amides is 2. The number of para-hydroxylation sites is 2. The molecule has 0 saturated heterocycles. The van der Waals surface area contributed by atoms with Crippen molar-refractivity contribution in [3.05, 3.63) is 58.6 Å². The van der Waals surface area contributed by atoms with Crippen molar-refractivity contribution in [2.45, 2.75) is 38.8 Å². The minimum atomic E-state index is -0.736. The molecule has 0 spiro atoms. The second-order valence-corrected chi connectivity index (χ2v) is 7.43. The van der Waals surface area contributed by atoms with Crippen LogP contribution in [-0.2, 0) is 4.79 Å². The molecule has 27 heavy (non-hydrogen) atoms. The first-order valence-corrected chi connectivity index (χ1v) is 9.96. The zero-order valence-corrected chi connectivity index (χ0v) is 17.0. The number of anilines is 1. The molecule has 6 heteroatoms. The van der Waals surface area contributed by atoms with Crippen LogP contribution in [-0.4, -0.2) is 30.5 Å². The van der Waals surface area contributed by atoms with E-state index in [1.165, 1.54) is 0 Å². The number of nitrogens with zero attached hydrogens (tertiary/aromatic N) is 1. The number of benzene rings is 2. The van der Waals surface area contributed by atoms with Gasteiger partial charge in [0.05, 0.1) is 12.2 Å². The summed E-state index contributed by atoms with van der Waals surface area (Å²) in [4.78, 5) is 27.4. The zero-order valence-electron chi connectivity index (χ0n) is 15.4. The van der Waals surface area contributed by atoms with Crippen LogP contribution in [0.5, 0.6) is 5.75 Å². The van der Waals surface area contributed by atoms with E-state index in [4.69, 9.17) is 4.74 Å². The minimum Gasteiger partial charge on any atom is -0.477 e. The number of carbonyl (C=O) groups is 2. The molecule has 1 unspecified atom stereocenters. The second-order valence-electron chi connectivity index (χ2n) is 6.52. The fourth-order valence-corrected chi connectivity index (χ4v) is 3.36. The highest BCUT2D eigenvalue weighted by molar-refractivity contribution is 9.10. The molecule has 2 amide bonds. The van der Waals surface area contributed by atoms with Crippen LogP contribution in [0.4, 0.5) is 5.69 Å². The van der Waals surface area contributed by atoms with E-state index in [0.717, 1.165) is 17.3 Å². The van der Waals surface area contributed by atoms with E-state index in [1.54, 1.807) is 23.1 Å². The fourth-order valence-electron chi connectivity index (χ4n) is 3.10. The summed E-state index contributed by atoms with van der Waals surface area (Å²) in [6.07, 6.45) is 0.972. The van der Waals surface area contributed by atoms with Gasteiger partial charge in [-0.3, -0.25) is 9.59 Å². The van der Waals surface area contributed by atoms with Crippen molar-refractivity contribution < 1.29 is 14.3 Å². The monoisotopic (exact) mass is 430 g/mol. The third kappa shape index (κ3) is 4.33. The molecule has 5 nitrogen and oxygen atoms in total. The van der Waals surface area contributed by atoms with E-state index in [1.807, 2.05) is 44.2 Å². The molecule has 0 aromatic heterocycles. The van der Waals surface area contributed by atoms with Gasteiger partial charge in [0.25, 0.3) is 11.8 Å². The number of hydrogen-bond donors (Lipinski definition) is 1. The van der Waals surface area contributed by atoms with Crippen molar-refractivity contribution in [2.24, 2.45) is 0 Å². The number of carbonyl (C=O) groups excluding carboxylic acids is 2. The average Bonchev–Trinajstić information content (AvgIpc) is 2.71. The minimum absolute atomic E-state index is 0.105. The molecule has 0 saturated carbocycles. The Morgan fingerprint density at radius 3 is 2.48 bits per heavy atom. The molecule has 2 aromatic rings. The molecule has 1 aliphatic rings. The summed E-state index contributed by atoms with van der Waals surface area (Å²) >= 11 is 3.38. The molecule has 0 fully saturated rings. The number of nitrogens with one attached hydrogen (secondary N) is 1. The van der Waals surface area contributed by atoms with Gasteiger partial charge in [0.2, 0.25) is 0 Å². The van der Waals surface area contributed by atoms with Gasteiger partial charge in [-0.25, -0.2) is 0 Å². The quantitative estimate of drug-likeness (QED) is 0.774. The van der Waals surface area contributed by atoms with Crippen molar-refractivity contribution in [2.75, 3.05) is 11.4 Å². The van der Waals surface area contributed by atoms with Crippen LogP contribution in [0.3, 0.4) is 0 Å². The predicted molar refractivity (Wildman–Crippen MR) is 109 cm³/mol. The molecule has 0 aliphatic carbocycles. The Hall–Kier alpha value is -2.34. The summed E-state index contributed by atoms with van der Waals surface area (Å²) in [7, 11) is 0. The Morgan fingerprint density at radius 1 is 1.15 bits per heavy atom. The normalized spacial score (nSPS) is 15.9. The predicted octanol–water partition coefficient (Wildman–Crippen LogP) is 4.16. The van der Waals surface area contributed by atoms with Crippen LogP contribution in [0.2, 0.25) is 0 Å². The van der Waals surface area contributed by atoms with Gasteiger partial charge in [0.15, 0.2) is 6.10 Å². The standard InChI is InChI=1S/C21H23BrN2O3/c1-3-16(4-2)23-20(25)19-13-24(17-7-5-6-8-18(17)27-19)21(26)14-9-11-15(22)12-10-14/h5-12,16,19H,3-4,13H2,1-2H3,(H,23,25). The number of hydrogen-bond acceptors (Lipinski definition) is 3. The summed E-state index contributed by atoms with van der Waals surface area (Å²) in [6.45, 7) is 4.25. The Morgan fingerprint density at radius 2 is 1.81 bits per heavy atom. The van der Waals surface area contributed by atoms with Gasteiger partial charge in [-0.05, 0) is 49.2 Å². The first-order valence-electron chi connectivity index (χ1n) is 9.17. The van der Waals surface area contributed by atoms with E-state index in [-0.39, 0.29) is 24.4 Å². The molecule has 142 valence electrons. The molecule has 1 atom stereocenters. The summed E-state index contributed by atoms with van der Waals surface area (Å²) in [5, 5.41) is 3.02. The largest absolute Gasteiger partial charge is 0.477 e. The van der Waals surface area contributed by atoms with Crippen molar-refractivity contribution in [3.8, 4) is 5.75 Å². The maximum atomic E-state index is 13.1. The third-order valence-electron chi connectivity index (χ3n) is 4.73. The first-order chi connectivity index (χ1) is 13.0. The molecular formula is C21H23BrN2O3. The van der Waals surface area contributed by atoms with Gasteiger partial charge in [-0.2, -0.15) is 0 Å². The summed E-state index contributed by atoms with van der Waals surface area (Å²) in [5.41, 5.74) is 1.24. The lowest BCUT2D eigenvalue weighted by atomic mass is 10.1. The SMILES string of the molecule is CCC(CC)NC(=O)C1CN(C(=O)c2ccc(Br)cc2)c2ccccc2O1. The summed E-state index contributed by atoms with van der Waals surface area (Å²) in [5.74, 6) is 0.198. The van der Waals surface area contributed by atoms with E-state index in [2.05, 4.69) is 21.2 Å². The lowest BCUT2D eigenvalue weighted by Gasteiger charge is -2.34. The number of fused-ring (bicyclic) bond motifs is 1. The Balaban J connectivity index is 1.87. The maximum absolute atomic E-state index is 13.1. The third-order valence-corrected chi connectivity index (χ3v) is 5.26. The van der Waals surface area contributed by atoms with E-state index in [0.29, 0.717) is 17.0 Å². The lowest BCUT2D eigenvalue weighted by molar-refractivity contribution is -0.128. The maximum Gasteiger partial charge on any atom is 0.263 e. The van der Waals surface area contributed by atoms with Gasteiger partial charge < -0.3 is 15.0 Å². The van der Waals surface area contributed by atoms with Gasteiger partial charge >= 0.3 is 0 Å². The molecule has 3 rings (SSSR count). The highest BCUT2D eigenvalue weighted by Gasteiger charge is 2.34. The van der Waals surface area contributed by atoms with E-state index >= 15 is 0 Å². The van der Waals surface area contributed by atoms with E-state index < -0.39 is 6.10 Å². The summed E-state index contributed by atoms with van der Waals surface area (Å²) < 4.78 is 6.81. The summed E-state index contributed by atoms with van der Waals surface area (Å²) in [6, 6.07) is 14.6. The zero-order chi connectivity index (χ0) is 19.4. The molecular weight excluding hydrogens is 408 g/mol. The Kier molecular flexibility index (Phi) is 6.16. The molecule has 1 heterocycles. The first kappa shape index (κ1) is 19.4. The second kappa shape index (κ2) is 8.57. The van der Waals surface area contributed by atoms with Gasteiger partial charge in [-0.15, -0.1) is 0 Å². The topological polar surface area (TPSA) is 58.6 Å². The lowest BCUT2D eigenvalue weighted by Crippen LogP contribution is -2.52. The molecule has 0 bridgehead atoms. The van der Waals surface area contributed by atoms with Crippen LogP contribution in [0.15, 0.2) is 53.0 Å². The van der Waals surface area contributed by atoms with Crippen molar-refractivity contribution >= 4 is 33.4 Å². The highest BCUT2D eigenvalue weighted by Crippen LogP contribution is 2.34. The molecule has 2 aromatic carbocycles. The van der Waals surface area contributed by atoms with Gasteiger partial charge in [-0.1, -0.05) is 41.9 Å². The molecule has 0 radical (unpaired) electrons. The fraction of sp³-hybridized carbons (Fsp3) is 0.333. The number of ether oxygens (including phenoxy) is 1. The van der Waals surface area contributed by atoms with Gasteiger partial charge in [0, 0.05) is 16.1 Å². The number of rotatable bonds is 5. The van der Waals surface area contributed by atoms with Crippen molar-refractivity contribution in [3.63, 3.8) is 0 Å².